The highest BCUT2D eigenvalue weighted by atomic mass is 14.6. The summed E-state index contributed by atoms with van der Waals surface area (Å²) >= 11 is 0. The minimum atomic E-state index is 0. The van der Waals surface area contributed by atoms with Crippen LogP contribution in [0.2, 0.25) is 0 Å². The average molecular weight is 157 g/mol. The lowest BCUT2D eigenvalue weighted by molar-refractivity contribution is 1.37. The van der Waals surface area contributed by atoms with Crippen LogP contribution in [0.15, 0.2) is 36.5 Å². The van der Waals surface area contributed by atoms with Crippen LogP contribution in [0.3, 0.4) is 0 Å². The second kappa shape index (κ2) is 3.32. The monoisotopic (exact) mass is 157 g/mol. The Balaban J connectivity index is 0.000000720. The molecule has 0 aliphatic heterocycles. The lowest BCUT2D eigenvalue weighted by atomic mass is 10.1. The fourth-order valence-corrected chi connectivity index (χ4v) is 1.26. The molecule has 12 heavy (non-hydrogen) atoms. The lowest BCUT2D eigenvalue weighted by Gasteiger charge is -1.97. The molecule has 1 heterocycles. The van der Waals surface area contributed by atoms with E-state index in [1.165, 1.54) is 10.9 Å². The van der Waals surface area contributed by atoms with Crippen LogP contribution in [-0.4, -0.2) is 4.98 Å². The first-order chi connectivity index (χ1) is 5.38. The maximum Gasteiger partial charge on any atom is 0.0731 e. The molecule has 2 nitrogen and oxygen atoms in total. The molecule has 0 saturated heterocycles. The Bertz CT molecular complexity index is 377. The van der Waals surface area contributed by atoms with Gasteiger partial charge in [-0.3, -0.25) is 4.98 Å². The van der Waals surface area contributed by atoms with Crippen molar-refractivity contribution in [2.75, 3.05) is 0 Å². The van der Waals surface area contributed by atoms with Gasteiger partial charge in [0.1, 0.15) is 0 Å². The van der Waals surface area contributed by atoms with Crippen molar-refractivity contribution < 1.29 is 0 Å². The van der Waals surface area contributed by atoms with Crippen LogP contribution in [0.5, 0.6) is 0 Å². The number of aryl methyl sites for hydroxylation is 1. The molecule has 0 bridgehead atoms. The number of pyridine rings is 1. The van der Waals surface area contributed by atoms with Crippen molar-refractivity contribution in [1.29, 1.82) is 0 Å². The number of para-hydroxylation sites is 1. The van der Waals surface area contributed by atoms with Crippen molar-refractivity contribution in [2.24, 2.45) is 0 Å². The third-order valence-corrected chi connectivity index (χ3v) is 1.83. The molecule has 2 heteroatoms. The predicted octanol–water partition coefficient (Wildman–Crippen LogP) is 2.06. The van der Waals surface area contributed by atoms with E-state index in [0.29, 0.717) is 0 Å². The Labute approximate surface area is 71.8 Å². The van der Waals surface area contributed by atoms with Crippen LogP contribution in [-0.2, 0) is 0 Å². The van der Waals surface area contributed by atoms with Crippen LogP contribution in [0, 0.1) is 6.92 Å². The van der Waals surface area contributed by atoms with E-state index in [9.17, 15) is 0 Å². The summed E-state index contributed by atoms with van der Waals surface area (Å²) in [5.74, 6) is 0. The van der Waals surface area contributed by atoms with Gasteiger partial charge in [-0.05, 0) is 18.6 Å². The van der Waals surface area contributed by atoms with Gasteiger partial charge in [0, 0.05) is 17.7 Å². The lowest BCUT2D eigenvalue weighted by Crippen LogP contribution is -1.80. The largest absolute Gasteiger partial charge is 0.256 e. The van der Waals surface area contributed by atoms with Gasteiger partial charge in [-0.2, -0.15) is 0 Å². The summed E-state index contributed by atoms with van der Waals surface area (Å²) in [6.45, 7) is 2.08. The van der Waals surface area contributed by atoms with Crippen LogP contribution in [0.25, 0.3) is 10.9 Å². The third kappa shape index (κ3) is 1.29. The molecule has 0 fully saturated rings. The average Bonchev–Trinajstić information content (AvgIpc) is 2.06. The Morgan fingerprint density at radius 2 is 1.83 bits per heavy atom. The van der Waals surface area contributed by atoms with Crippen molar-refractivity contribution in [2.45, 2.75) is 6.92 Å². The normalized spacial score (nSPS) is 9.42. The second-order valence-corrected chi connectivity index (χ2v) is 2.65. The first-order valence-electron chi connectivity index (χ1n) is 3.68. The highest BCUT2D eigenvalue weighted by Gasteiger charge is 1.93. The van der Waals surface area contributed by atoms with Gasteiger partial charge in [0.05, 0.1) is 5.52 Å². The van der Waals surface area contributed by atoms with Crippen molar-refractivity contribution in [3.05, 3.63) is 42.1 Å². The van der Waals surface area contributed by atoms with E-state index in [1.807, 2.05) is 12.3 Å². The van der Waals surface area contributed by atoms with E-state index in [0.717, 1.165) is 5.52 Å². The van der Waals surface area contributed by atoms with E-state index in [-0.39, 0.29) is 6.15 Å². The summed E-state index contributed by atoms with van der Waals surface area (Å²) in [5.41, 5.74) is 2.35. The van der Waals surface area contributed by atoms with Gasteiger partial charge in [-0.25, -0.2) is 0 Å². The standard InChI is InChI=1S/C10H9N.N/c1-8-4-2-5-9-6-3-7-11-10(8)9;/h2-7H,1H3;. The quantitative estimate of drug-likeness (QED) is 0.577. The predicted molar refractivity (Wildman–Crippen MR) is 48.6 cm³/mol. The highest BCUT2D eigenvalue weighted by Crippen LogP contribution is 2.13. The van der Waals surface area contributed by atoms with Crippen LogP contribution in [0.4, 0.5) is 0 Å². The maximum atomic E-state index is 4.28. The van der Waals surface area contributed by atoms with Crippen LogP contribution < -0.4 is 6.15 Å². The number of rotatable bonds is 0. The third-order valence-electron chi connectivity index (χ3n) is 1.83. The Morgan fingerprint density at radius 1 is 1.08 bits per heavy atom. The minimum Gasteiger partial charge on any atom is -0.256 e. The molecule has 0 amide bonds. The van der Waals surface area contributed by atoms with Gasteiger partial charge in [0.15, 0.2) is 0 Å². The zero-order valence-corrected chi connectivity index (χ0v) is 6.86. The summed E-state index contributed by atoms with van der Waals surface area (Å²) in [6, 6.07) is 10.3. The van der Waals surface area contributed by atoms with Crippen LogP contribution >= 0.6 is 0 Å². The number of hydrogen-bond donors (Lipinski definition) is 0. The van der Waals surface area contributed by atoms with E-state index in [1.54, 1.807) is 0 Å². The fourth-order valence-electron chi connectivity index (χ4n) is 1.26. The Hall–Kier alpha value is -1.41. The molecule has 0 atom stereocenters. The fraction of sp³-hybridized carbons (Fsp3) is 0.100. The summed E-state index contributed by atoms with van der Waals surface area (Å²) in [4.78, 5) is 4.28. The molecule has 1 aromatic carbocycles. The van der Waals surface area contributed by atoms with E-state index < -0.39 is 0 Å². The first kappa shape index (κ1) is 8.68. The summed E-state index contributed by atoms with van der Waals surface area (Å²) in [7, 11) is 0. The molecule has 3 radical (unpaired) electrons. The molecule has 59 valence electrons. The summed E-state index contributed by atoms with van der Waals surface area (Å²) < 4.78 is 0. The number of aromatic nitrogens is 1. The van der Waals surface area contributed by atoms with Gasteiger partial charge < -0.3 is 0 Å². The van der Waals surface area contributed by atoms with E-state index in [2.05, 4.69) is 36.2 Å². The van der Waals surface area contributed by atoms with Crippen molar-refractivity contribution in [3.63, 3.8) is 0 Å². The zero-order chi connectivity index (χ0) is 7.68. The molecule has 2 rings (SSSR count). The van der Waals surface area contributed by atoms with Crippen molar-refractivity contribution >= 4 is 10.9 Å². The highest BCUT2D eigenvalue weighted by molar-refractivity contribution is 5.81. The van der Waals surface area contributed by atoms with Gasteiger partial charge in [-0.15, -0.1) is 0 Å². The molecule has 0 aliphatic carbocycles. The Kier molecular flexibility index (Phi) is 2.41. The molecule has 1 aromatic heterocycles. The summed E-state index contributed by atoms with van der Waals surface area (Å²) in [6.07, 6.45) is 1.83. The first-order valence-corrected chi connectivity index (χ1v) is 3.68. The van der Waals surface area contributed by atoms with Gasteiger partial charge in [-0.1, -0.05) is 24.3 Å². The Morgan fingerprint density at radius 3 is 2.58 bits per heavy atom. The van der Waals surface area contributed by atoms with Crippen molar-refractivity contribution in [1.82, 2.24) is 11.1 Å². The van der Waals surface area contributed by atoms with Gasteiger partial charge >= 0.3 is 0 Å². The molecule has 0 spiro atoms. The minimum absolute atomic E-state index is 0. The zero-order valence-electron chi connectivity index (χ0n) is 6.86. The smallest absolute Gasteiger partial charge is 0.0731 e. The molecular weight excluding hydrogens is 148 g/mol. The van der Waals surface area contributed by atoms with E-state index in [4.69, 9.17) is 0 Å². The number of hydrogen-bond acceptors (Lipinski definition) is 1. The van der Waals surface area contributed by atoms with Gasteiger partial charge in [0.25, 0.3) is 0 Å². The molecule has 0 unspecified atom stereocenters. The topological polar surface area (TPSA) is 43.4 Å². The number of fused-ring (bicyclic) bond motifs is 1. The number of nitrogens with zero attached hydrogens (tertiary/aromatic N) is 2. The second-order valence-electron chi connectivity index (χ2n) is 2.65. The molecule has 0 saturated carbocycles. The van der Waals surface area contributed by atoms with Gasteiger partial charge in [0.2, 0.25) is 0 Å². The number of benzene rings is 1. The molecule has 2 aromatic rings. The maximum absolute atomic E-state index is 4.28. The van der Waals surface area contributed by atoms with E-state index >= 15 is 0 Å². The molecule has 0 N–H and O–H groups in total. The SMILES string of the molecule is Cc1cccc2cccnc12.[N]. The molecular formula is C10H9N2. The van der Waals surface area contributed by atoms with Crippen molar-refractivity contribution in [3.8, 4) is 0 Å². The summed E-state index contributed by atoms with van der Waals surface area (Å²) in [5, 5.41) is 1.22. The van der Waals surface area contributed by atoms with Crippen LogP contribution in [0.1, 0.15) is 5.56 Å². The molecule has 0 aliphatic rings.